The maximum absolute atomic E-state index is 11.8. The van der Waals surface area contributed by atoms with E-state index in [1.165, 1.54) is 122 Å². The zero-order valence-corrected chi connectivity index (χ0v) is 21.9. The zero-order chi connectivity index (χ0) is 23.0. The van der Waals surface area contributed by atoms with Gasteiger partial charge in [0.1, 0.15) is 0 Å². The molecule has 0 radical (unpaired) electrons. The van der Waals surface area contributed by atoms with Gasteiger partial charge in [0.05, 0.1) is 6.61 Å². The Morgan fingerprint density at radius 1 is 0.613 bits per heavy atom. The first-order valence-corrected chi connectivity index (χ1v) is 14.0. The summed E-state index contributed by atoms with van der Waals surface area (Å²) < 4.78 is 5.25. The average Bonchev–Trinajstić information content (AvgIpc) is 2.75. The fourth-order valence-electron chi connectivity index (χ4n) is 4.04. The van der Waals surface area contributed by atoms with E-state index >= 15 is 0 Å². The molecule has 0 aromatic rings. The van der Waals surface area contributed by atoms with Gasteiger partial charge < -0.3 is 9.64 Å². The minimum atomic E-state index is -0.175. The fourth-order valence-corrected chi connectivity index (χ4v) is 4.04. The zero-order valence-electron chi connectivity index (χ0n) is 21.9. The number of hydrogen-bond donors (Lipinski definition) is 0. The van der Waals surface area contributed by atoms with Crippen LogP contribution in [0.5, 0.6) is 0 Å². The second-order valence-electron chi connectivity index (χ2n) is 10.1. The topological polar surface area (TPSA) is 29.5 Å². The number of carbonyl (C=O) groups is 1. The molecule has 0 fully saturated rings. The highest BCUT2D eigenvalue weighted by atomic mass is 16.6. The molecule has 0 aromatic heterocycles. The van der Waals surface area contributed by atoms with Crippen molar-refractivity contribution in [2.24, 2.45) is 5.92 Å². The molecule has 3 heteroatoms. The molecule has 0 aliphatic carbocycles. The summed E-state index contributed by atoms with van der Waals surface area (Å²) in [6.45, 7) is 7.75. The van der Waals surface area contributed by atoms with Gasteiger partial charge in [-0.15, -0.1) is 0 Å². The monoisotopic (exact) mass is 439 g/mol. The van der Waals surface area contributed by atoms with Crippen LogP contribution in [0, 0.1) is 5.92 Å². The summed E-state index contributed by atoms with van der Waals surface area (Å²) in [5.74, 6) is 0.400. The van der Waals surface area contributed by atoms with Crippen LogP contribution in [0.2, 0.25) is 0 Å². The van der Waals surface area contributed by atoms with Crippen molar-refractivity contribution in [2.75, 3.05) is 20.2 Å². The predicted octanol–water partition coefficient (Wildman–Crippen LogP) is 9.53. The molecular formula is C28H57NO2. The summed E-state index contributed by atoms with van der Waals surface area (Å²) >= 11 is 0. The van der Waals surface area contributed by atoms with E-state index in [9.17, 15) is 4.79 Å². The van der Waals surface area contributed by atoms with E-state index in [0.29, 0.717) is 12.5 Å². The van der Waals surface area contributed by atoms with Crippen LogP contribution < -0.4 is 0 Å². The van der Waals surface area contributed by atoms with Gasteiger partial charge in [-0.3, -0.25) is 0 Å². The fraction of sp³-hybridized carbons (Fsp3) is 0.964. The number of amides is 1. The Labute approximate surface area is 196 Å². The molecular weight excluding hydrogens is 382 g/mol. The minimum absolute atomic E-state index is 0.175. The van der Waals surface area contributed by atoms with Crippen LogP contribution in [0.25, 0.3) is 0 Å². The number of nitrogens with zero attached hydrogens (tertiary/aromatic N) is 1. The molecule has 0 N–H and O–H groups in total. The summed E-state index contributed by atoms with van der Waals surface area (Å²) in [4.78, 5) is 13.5. The van der Waals surface area contributed by atoms with Crippen molar-refractivity contribution in [1.82, 2.24) is 4.90 Å². The molecule has 0 spiro atoms. The molecule has 0 aliphatic heterocycles. The molecule has 0 saturated heterocycles. The smallest absolute Gasteiger partial charge is 0.409 e. The molecule has 0 rings (SSSR count). The Bertz CT molecular complexity index is 370. The lowest BCUT2D eigenvalue weighted by molar-refractivity contribution is 0.0994. The van der Waals surface area contributed by atoms with Gasteiger partial charge in [-0.1, -0.05) is 143 Å². The van der Waals surface area contributed by atoms with Gasteiger partial charge in [-0.25, -0.2) is 4.79 Å². The Kier molecular flexibility index (Phi) is 23.4. The van der Waals surface area contributed by atoms with Gasteiger partial charge in [0.2, 0.25) is 0 Å². The Hall–Kier alpha value is -0.730. The maximum atomic E-state index is 11.8. The van der Waals surface area contributed by atoms with Crippen molar-refractivity contribution in [3.05, 3.63) is 0 Å². The molecule has 1 amide bonds. The van der Waals surface area contributed by atoms with Crippen LogP contribution in [-0.2, 0) is 4.74 Å². The molecule has 0 aromatic carbocycles. The summed E-state index contributed by atoms with van der Waals surface area (Å²) in [6, 6.07) is 0. The predicted molar refractivity (Wildman–Crippen MR) is 137 cm³/mol. The van der Waals surface area contributed by atoms with Crippen LogP contribution in [0.1, 0.15) is 149 Å². The first kappa shape index (κ1) is 30.3. The van der Waals surface area contributed by atoms with E-state index in [-0.39, 0.29) is 6.09 Å². The van der Waals surface area contributed by atoms with E-state index < -0.39 is 0 Å². The number of carbonyl (C=O) groups excluding carboxylic acids is 1. The first-order chi connectivity index (χ1) is 15.1. The lowest BCUT2D eigenvalue weighted by Gasteiger charge is -2.17. The molecule has 0 bridgehead atoms. The van der Waals surface area contributed by atoms with Crippen molar-refractivity contribution in [3.63, 3.8) is 0 Å². The number of ether oxygens (including phenoxy) is 1. The molecule has 0 aliphatic rings. The van der Waals surface area contributed by atoms with Crippen LogP contribution in [0.4, 0.5) is 4.79 Å². The standard InChI is InChI=1S/C28H57NO2/c1-5-6-7-8-9-10-11-12-13-14-15-16-17-18-19-20-21-22-23-24-25-29(4)28(30)31-26-27(2)3/h27H,5-26H2,1-4H3. The molecule has 186 valence electrons. The minimum Gasteiger partial charge on any atom is -0.449 e. The van der Waals surface area contributed by atoms with E-state index in [1.807, 2.05) is 7.05 Å². The third-order valence-corrected chi connectivity index (χ3v) is 6.20. The normalized spacial score (nSPS) is 11.3. The summed E-state index contributed by atoms with van der Waals surface area (Å²) in [7, 11) is 1.85. The summed E-state index contributed by atoms with van der Waals surface area (Å²) in [5, 5.41) is 0. The van der Waals surface area contributed by atoms with E-state index in [1.54, 1.807) is 4.90 Å². The molecule has 31 heavy (non-hydrogen) atoms. The Morgan fingerprint density at radius 2 is 0.935 bits per heavy atom. The maximum Gasteiger partial charge on any atom is 0.409 e. The molecule has 0 atom stereocenters. The second-order valence-corrected chi connectivity index (χ2v) is 10.1. The summed E-state index contributed by atoms with van der Waals surface area (Å²) in [5.41, 5.74) is 0. The van der Waals surface area contributed by atoms with Gasteiger partial charge in [-0.05, 0) is 12.3 Å². The van der Waals surface area contributed by atoms with Gasteiger partial charge in [0, 0.05) is 13.6 Å². The highest BCUT2D eigenvalue weighted by Gasteiger charge is 2.09. The van der Waals surface area contributed by atoms with Crippen LogP contribution >= 0.6 is 0 Å². The second kappa shape index (κ2) is 23.9. The Balaban J connectivity index is 3.18. The van der Waals surface area contributed by atoms with Crippen LogP contribution in [-0.4, -0.2) is 31.2 Å². The quantitative estimate of drug-likeness (QED) is 0.148. The van der Waals surface area contributed by atoms with Crippen molar-refractivity contribution < 1.29 is 9.53 Å². The van der Waals surface area contributed by atoms with Gasteiger partial charge in [0.25, 0.3) is 0 Å². The van der Waals surface area contributed by atoms with Crippen molar-refractivity contribution in [1.29, 1.82) is 0 Å². The van der Waals surface area contributed by atoms with Crippen molar-refractivity contribution >= 4 is 6.09 Å². The van der Waals surface area contributed by atoms with Crippen molar-refractivity contribution in [3.8, 4) is 0 Å². The average molecular weight is 440 g/mol. The largest absolute Gasteiger partial charge is 0.449 e. The number of unbranched alkanes of at least 4 members (excludes halogenated alkanes) is 19. The van der Waals surface area contributed by atoms with Gasteiger partial charge in [-0.2, -0.15) is 0 Å². The third-order valence-electron chi connectivity index (χ3n) is 6.20. The molecule has 0 heterocycles. The van der Waals surface area contributed by atoms with Crippen LogP contribution in [0.3, 0.4) is 0 Å². The molecule has 0 unspecified atom stereocenters. The summed E-state index contributed by atoms with van der Waals surface area (Å²) in [6.07, 6.45) is 27.8. The van der Waals surface area contributed by atoms with Crippen molar-refractivity contribution in [2.45, 2.75) is 149 Å². The number of hydrogen-bond acceptors (Lipinski definition) is 2. The van der Waals surface area contributed by atoms with Crippen LogP contribution in [0.15, 0.2) is 0 Å². The number of rotatable bonds is 23. The first-order valence-electron chi connectivity index (χ1n) is 14.0. The highest BCUT2D eigenvalue weighted by Crippen LogP contribution is 2.15. The van der Waals surface area contributed by atoms with E-state index in [4.69, 9.17) is 4.74 Å². The van der Waals surface area contributed by atoms with Gasteiger partial charge >= 0.3 is 6.09 Å². The molecule has 3 nitrogen and oxygen atoms in total. The van der Waals surface area contributed by atoms with E-state index in [2.05, 4.69) is 20.8 Å². The molecule has 0 saturated carbocycles. The van der Waals surface area contributed by atoms with E-state index in [0.717, 1.165) is 13.0 Å². The lowest BCUT2D eigenvalue weighted by atomic mass is 10.0. The lowest BCUT2D eigenvalue weighted by Crippen LogP contribution is -2.29. The Morgan fingerprint density at radius 3 is 1.26 bits per heavy atom. The highest BCUT2D eigenvalue weighted by molar-refractivity contribution is 5.67. The van der Waals surface area contributed by atoms with Gasteiger partial charge in [0.15, 0.2) is 0 Å². The SMILES string of the molecule is CCCCCCCCCCCCCCCCCCCCCCN(C)C(=O)OCC(C)C. The third kappa shape index (κ3) is 23.8.